The van der Waals surface area contributed by atoms with Crippen molar-refractivity contribution in [2.45, 2.75) is 19.8 Å². The minimum atomic E-state index is -0.220. The van der Waals surface area contributed by atoms with Crippen LogP contribution in [0.4, 0.5) is 5.13 Å². The zero-order valence-corrected chi connectivity index (χ0v) is 13.7. The van der Waals surface area contributed by atoms with Gasteiger partial charge in [-0.2, -0.15) is 0 Å². The van der Waals surface area contributed by atoms with Crippen LogP contribution in [0.2, 0.25) is 0 Å². The highest BCUT2D eigenvalue weighted by molar-refractivity contribution is 7.15. The van der Waals surface area contributed by atoms with Crippen molar-refractivity contribution in [3.05, 3.63) is 40.4 Å². The van der Waals surface area contributed by atoms with Crippen molar-refractivity contribution in [1.82, 2.24) is 4.98 Å². The zero-order chi connectivity index (χ0) is 15.3. The van der Waals surface area contributed by atoms with Crippen LogP contribution < -0.4 is 9.64 Å². The molecule has 1 fully saturated rings. The number of ether oxygens (including phenoxy) is 1. The van der Waals surface area contributed by atoms with Gasteiger partial charge in [0.2, 0.25) is 0 Å². The molecule has 3 heterocycles. The average Bonchev–Trinajstić information content (AvgIpc) is 3.09. The normalized spacial score (nSPS) is 26.5. The van der Waals surface area contributed by atoms with Gasteiger partial charge in [0.1, 0.15) is 5.75 Å². The van der Waals surface area contributed by atoms with E-state index in [1.54, 1.807) is 11.3 Å². The van der Waals surface area contributed by atoms with E-state index in [0.29, 0.717) is 12.5 Å². The fourth-order valence-electron chi connectivity index (χ4n) is 3.61. The Balaban J connectivity index is 1.72. The highest BCUT2D eigenvalue weighted by atomic mass is 32.1. The number of aryl methyl sites for hydroxylation is 2. The Labute approximate surface area is 134 Å². The first-order chi connectivity index (χ1) is 10.6. The molecule has 0 bridgehead atoms. The fourth-order valence-corrected chi connectivity index (χ4v) is 4.53. The molecular weight excluding hydrogens is 296 g/mol. The predicted molar refractivity (Wildman–Crippen MR) is 88.0 cm³/mol. The van der Waals surface area contributed by atoms with Crippen molar-refractivity contribution >= 4 is 16.5 Å². The van der Waals surface area contributed by atoms with Crippen LogP contribution in [0.1, 0.15) is 22.1 Å². The van der Waals surface area contributed by atoms with E-state index in [4.69, 9.17) is 9.72 Å². The number of rotatable bonds is 2. The van der Waals surface area contributed by atoms with Gasteiger partial charge in [-0.3, -0.25) is 0 Å². The van der Waals surface area contributed by atoms with Crippen LogP contribution in [0.3, 0.4) is 0 Å². The second-order valence-corrected chi connectivity index (χ2v) is 7.60. The van der Waals surface area contributed by atoms with E-state index in [1.165, 1.54) is 10.4 Å². The summed E-state index contributed by atoms with van der Waals surface area (Å²) in [4.78, 5) is 8.27. The highest BCUT2D eigenvalue weighted by Crippen LogP contribution is 2.50. The van der Waals surface area contributed by atoms with Gasteiger partial charge in [0, 0.05) is 23.9 Å². The Morgan fingerprint density at radius 3 is 2.95 bits per heavy atom. The van der Waals surface area contributed by atoms with Crippen LogP contribution in [-0.2, 0) is 0 Å². The van der Waals surface area contributed by atoms with Gasteiger partial charge >= 0.3 is 0 Å². The molecule has 1 aromatic heterocycles. The molecule has 1 saturated heterocycles. The number of hydrogen-bond acceptors (Lipinski definition) is 5. The maximum Gasteiger partial charge on any atom is 0.185 e. The summed E-state index contributed by atoms with van der Waals surface area (Å²) >= 11 is 1.74. The third-order valence-corrected chi connectivity index (χ3v) is 6.19. The molecule has 2 aliphatic heterocycles. The third-order valence-electron chi connectivity index (χ3n) is 5.06. The summed E-state index contributed by atoms with van der Waals surface area (Å²) in [6.45, 7) is 6.58. The number of anilines is 1. The Hall–Kier alpha value is -1.59. The van der Waals surface area contributed by atoms with E-state index in [1.807, 2.05) is 12.1 Å². The predicted octanol–water partition coefficient (Wildman–Crippen LogP) is 2.73. The first-order valence-corrected chi connectivity index (χ1v) is 8.46. The van der Waals surface area contributed by atoms with E-state index in [0.717, 1.165) is 29.7 Å². The molecule has 2 aromatic rings. The van der Waals surface area contributed by atoms with Gasteiger partial charge in [-0.25, -0.2) is 4.98 Å². The Morgan fingerprint density at radius 1 is 1.41 bits per heavy atom. The molecule has 5 heteroatoms. The molecule has 1 N–H and O–H groups in total. The zero-order valence-electron chi connectivity index (χ0n) is 12.9. The summed E-state index contributed by atoms with van der Waals surface area (Å²) in [6, 6.07) is 8.21. The Kier molecular flexibility index (Phi) is 3.16. The third kappa shape index (κ3) is 1.96. The van der Waals surface area contributed by atoms with Crippen LogP contribution in [-0.4, -0.2) is 36.4 Å². The molecule has 0 saturated carbocycles. The van der Waals surface area contributed by atoms with Crippen molar-refractivity contribution in [3.8, 4) is 5.75 Å². The largest absolute Gasteiger partial charge is 0.493 e. The van der Waals surface area contributed by atoms with Gasteiger partial charge < -0.3 is 14.7 Å². The van der Waals surface area contributed by atoms with Crippen LogP contribution >= 0.6 is 11.3 Å². The van der Waals surface area contributed by atoms with Crippen molar-refractivity contribution in [2.24, 2.45) is 5.41 Å². The van der Waals surface area contributed by atoms with Crippen molar-refractivity contribution in [3.63, 3.8) is 0 Å². The molecule has 0 radical (unpaired) electrons. The monoisotopic (exact) mass is 316 g/mol. The van der Waals surface area contributed by atoms with E-state index in [-0.39, 0.29) is 12.0 Å². The summed E-state index contributed by atoms with van der Waals surface area (Å²) in [7, 11) is 0. The van der Waals surface area contributed by atoms with Crippen LogP contribution in [0, 0.1) is 19.3 Å². The lowest BCUT2D eigenvalue weighted by atomic mass is 9.74. The van der Waals surface area contributed by atoms with Crippen molar-refractivity contribution in [2.75, 3.05) is 31.2 Å². The quantitative estimate of drug-likeness (QED) is 0.925. The van der Waals surface area contributed by atoms with E-state index in [9.17, 15) is 5.11 Å². The number of aliphatic hydroxyl groups excluding tert-OH is 1. The smallest absolute Gasteiger partial charge is 0.185 e. The van der Waals surface area contributed by atoms with Crippen LogP contribution in [0.5, 0.6) is 5.75 Å². The van der Waals surface area contributed by atoms with E-state index < -0.39 is 0 Å². The van der Waals surface area contributed by atoms with Crippen molar-refractivity contribution in [1.29, 1.82) is 0 Å². The standard InChI is InChI=1S/C17H20N2O2S/c1-11-12(2)22-16(18-11)19-7-14-13-5-3-4-6-15(13)21-10-17(14,8-19)9-20/h3-6,14,20H,7-10H2,1-2H3/t14-,17-/m1/s1. The molecule has 2 aliphatic rings. The van der Waals surface area contributed by atoms with Crippen LogP contribution in [0.25, 0.3) is 0 Å². The Morgan fingerprint density at radius 2 is 2.23 bits per heavy atom. The molecule has 22 heavy (non-hydrogen) atoms. The number of aliphatic hydroxyl groups is 1. The highest BCUT2D eigenvalue weighted by Gasteiger charge is 2.51. The molecule has 2 atom stereocenters. The first-order valence-electron chi connectivity index (χ1n) is 7.64. The lowest BCUT2D eigenvalue weighted by Gasteiger charge is -2.37. The molecule has 0 spiro atoms. The van der Waals surface area contributed by atoms with E-state index in [2.05, 4.69) is 30.9 Å². The molecule has 4 nitrogen and oxygen atoms in total. The maximum absolute atomic E-state index is 10.1. The topological polar surface area (TPSA) is 45.6 Å². The summed E-state index contributed by atoms with van der Waals surface area (Å²) in [5.41, 5.74) is 2.10. The summed E-state index contributed by atoms with van der Waals surface area (Å²) in [6.07, 6.45) is 0. The maximum atomic E-state index is 10.1. The molecule has 0 unspecified atom stereocenters. The lowest BCUT2D eigenvalue weighted by molar-refractivity contribution is 0.0535. The van der Waals surface area contributed by atoms with Gasteiger partial charge in [0.15, 0.2) is 5.13 Å². The van der Waals surface area contributed by atoms with Crippen molar-refractivity contribution < 1.29 is 9.84 Å². The molecule has 4 rings (SSSR count). The molecule has 0 aliphatic carbocycles. The van der Waals surface area contributed by atoms with E-state index >= 15 is 0 Å². The summed E-state index contributed by atoms with van der Waals surface area (Å²) < 4.78 is 5.94. The average molecular weight is 316 g/mol. The number of nitrogens with zero attached hydrogens (tertiary/aromatic N) is 2. The minimum Gasteiger partial charge on any atom is -0.493 e. The molecule has 0 amide bonds. The van der Waals surface area contributed by atoms with Gasteiger partial charge in [-0.05, 0) is 25.5 Å². The molecule has 1 aromatic carbocycles. The Bertz CT molecular complexity index is 695. The SMILES string of the molecule is Cc1nc(N2C[C@@H]3c4ccccc4OC[C@]3(CO)C2)sc1C. The molecular formula is C17H20N2O2S. The summed E-state index contributed by atoms with van der Waals surface area (Å²) in [5.74, 6) is 1.26. The van der Waals surface area contributed by atoms with Gasteiger partial charge in [-0.1, -0.05) is 18.2 Å². The van der Waals surface area contributed by atoms with Gasteiger partial charge in [0.25, 0.3) is 0 Å². The fraction of sp³-hybridized carbons (Fsp3) is 0.471. The number of fused-ring (bicyclic) bond motifs is 3. The first kappa shape index (κ1) is 14.0. The van der Waals surface area contributed by atoms with Crippen LogP contribution in [0.15, 0.2) is 24.3 Å². The lowest BCUT2D eigenvalue weighted by Crippen LogP contribution is -2.42. The minimum absolute atomic E-state index is 0.145. The number of thiazole rings is 1. The van der Waals surface area contributed by atoms with Gasteiger partial charge in [0.05, 0.1) is 24.3 Å². The number of hydrogen-bond donors (Lipinski definition) is 1. The number of benzene rings is 1. The molecule has 116 valence electrons. The van der Waals surface area contributed by atoms with Gasteiger partial charge in [-0.15, -0.1) is 11.3 Å². The second-order valence-electron chi connectivity index (χ2n) is 6.42. The number of para-hydroxylation sites is 1. The second kappa shape index (κ2) is 4.96. The number of aromatic nitrogens is 1. The summed E-state index contributed by atoms with van der Waals surface area (Å²) in [5, 5.41) is 11.1.